The van der Waals surface area contributed by atoms with Gasteiger partial charge in [-0.25, -0.2) is 4.98 Å². The van der Waals surface area contributed by atoms with Crippen molar-refractivity contribution in [3.63, 3.8) is 0 Å². The van der Waals surface area contributed by atoms with Gasteiger partial charge < -0.3 is 0 Å². The molecule has 0 bridgehead atoms. The van der Waals surface area contributed by atoms with Crippen LogP contribution in [0.25, 0.3) is 0 Å². The van der Waals surface area contributed by atoms with Gasteiger partial charge in [0.25, 0.3) is 0 Å². The molecule has 0 unspecified atom stereocenters. The first kappa shape index (κ1) is 9.07. The summed E-state index contributed by atoms with van der Waals surface area (Å²) in [5, 5.41) is 0. The van der Waals surface area contributed by atoms with Gasteiger partial charge in [0.15, 0.2) is 0 Å². The van der Waals surface area contributed by atoms with Crippen LogP contribution in [-0.2, 0) is 5.75 Å². The van der Waals surface area contributed by atoms with Crippen LogP contribution in [0.1, 0.15) is 16.7 Å². The minimum atomic E-state index is 0.745. The maximum atomic E-state index is 4.23. The Kier molecular flexibility index (Phi) is 2.96. The van der Waals surface area contributed by atoms with Crippen LogP contribution < -0.4 is 0 Å². The van der Waals surface area contributed by atoms with Gasteiger partial charge in [-0.1, -0.05) is 0 Å². The highest BCUT2D eigenvalue weighted by Crippen LogP contribution is 2.20. The Labute approximate surface area is 80.8 Å². The highest BCUT2D eigenvalue weighted by Gasteiger charge is 2.04. The minimum Gasteiger partial charge on any atom is -0.239 e. The molecule has 0 aliphatic carbocycles. The first-order valence-corrected chi connectivity index (χ1v) is 4.73. The molecule has 3 heteroatoms. The number of hydrogen-bond acceptors (Lipinski definition) is 2. The summed E-state index contributed by atoms with van der Waals surface area (Å²) in [4.78, 5) is 4.04. The van der Waals surface area contributed by atoms with Crippen molar-refractivity contribution in [3.05, 3.63) is 27.5 Å². The minimum absolute atomic E-state index is 0.745. The lowest BCUT2D eigenvalue weighted by atomic mass is 10.1. The molecule has 0 N–H and O–H groups in total. The summed E-state index contributed by atoms with van der Waals surface area (Å²) in [5.41, 5.74) is 3.46. The third-order valence-electron chi connectivity index (χ3n) is 1.69. The van der Waals surface area contributed by atoms with Crippen molar-refractivity contribution in [2.24, 2.45) is 0 Å². The van der Waals surface area contributed by atoms with Gasteiger partial charge in [-0.05, 0) is 46.5 Å². The van der Waals surface area contributed by atoms with E-state index < -0.39 is 0 Å². The molecule has 1 heterocycles. The molecule has 0 atom stereocenters. The fourth-order valence-corrected chi connectivity index (χ4v) is 1.73. The van der Waals surface area contributed by atoms with E-state index in [4.69, 9.17) is 0 Å². The average molecular weight is 231 g/mol. The molecule has 0 spiro atoms. The van der Waals surface area contributed by atoms with E-state index in [9.17, 15) is 0 Å². The maximum Gasteiger partial charge on any atom is 0.110 e. The van der Waals surface area contributed by atoms with Gasteiger partial charge in [0, 0.05) is 5.75 Å². The number of aromatic nitrogens is 1. The summed E-state index contributed by atoms with van der Waals surface area (Å²) in [6.45, 7) is 4.03. The van der Waals surface area contributed by atoms with Crippen LogP contribution >= 0.6 is 28.6 Å². The third-order valence-corrected chi connectivity index (χ3v) is 2.78. The van der Waals surface area contributed by atoms with Crippen molar-refractivity contribution >= 4 is 28.6 Å². The zero-order chi connectivity index (χ0) is 8.43. The van der Waals surface area contributed by atoms with Crippen molar-refractivity contribution in [3.8, 4) is 0 Å². The Morgan fingerprint density at radius 3 is 2.64 bits per heavy atom. The second kappa shape index (κ2) is 3.59. The molecule has 0 saturated heterocycles. The third kappa shape index (κ3) is 1.76. The molecule has 59 valence electrons. The van der Waals surface area contributed by atoms with Gasteiger partial charge in [0.1, 0.15) is 4.60 Å². The molecule has 0 aliphatic heterocycles. The largest absolute Gasteiger partial charge is 0.239 e. The topological polar surface area (TPSA) is 12.9 Å². The molecule has 1 aromatic rings. The second-order valence-corrected chi connectivity index (χ2v) is 3.47. The highest BCUT2D eigenvalue weighted by atomic mass is 79.9. The molecule has 1 aromatic heterocycles. The van der Waals surface area contributed by atoms with Crippen LogP contribution in [0.3, 0.4) is 0 Å². The van der Waals surface area contributed by atoms with Crippen LogP contribution in [0.2, 0.25) is 0 Å². The lowest BCUT2D eigenvalue weighted by Crippen LogP contribution is -1.94. The van der Waals surface area contributed by atoms with E-state index in [1.165, 1.54) is 5.56 Å². The van der Waals surface area contributed by atoms with Crippen LogP contribution in [0.5, 0.6) is 0 Å². The van der Waals surface area contributed by atoms with Gasteiger partial charge in [0.05, 0.1) is 6.20 Å². The number of nitrogens with zero attached hydrogens (tertiary/aromatic N) is 1. The number of pyridine rings is 1. The van der Waals surface area contributed by atoms with E-state index in [1.807, 2.05) is 13.8 Å². The van der Waals surface area contributed by atoms with Gasteiger partial charge in [-0.3, -0.25) is 0 Å². The highest BCUT2D eigenvalue weighted by molar-refractivity contribution is 9.10. The molecule has 0 saturated carbocycles. The fourth-order valence-electron chi connectivity index (χ4n) is 0.927. The zero-order valence-electron chi connectivity index (χ0n) is 6.48. The van der Waals surface area contributed by atoms with Crippen LogP contribution in [0.4, 0.5) is 0 Å². The summed E-state index contributed by atoms with van der Waals surface area (Å²) >= 11 is 7.57. The van der Waals surface area contributed by atoms with E-state index in [0.29, 0.717) is 0 Å². The zero-order valence-corrected chi connectivity index (χ0v) is 8.96. The van der Waals surface area contributed by atoms with Crippen molar-refractivity contribution in [2.45, 2.75) is 19.6 Å². The average Bonchev–Trinajstić information content (AvgIpc) is 1.99. The lowest BCUT2D eigenvalue weighted by Gasteiger charge is -2.06. The predicted molar refractivity (Wildman–Crippen MR) is 52.9 cm³/mol. The molecule has 1 nitrogen and oxygen atoms in total. The van der Waals surface area contributed by atoms with Crippen LogP contribution in [0, 0.1) is 20.0 Å². The molecule has 0 aromatic carbocycles. The molecule has 1 rings (SSSR count). The van der Waals surface area contributed by atoms with Gasteiger partial charge in [0.2, 0.25) is 0 Å². The number of halogens is 1. The van der Waals surface area contributed by atoms with Gasteiger partial charge in [-0.2, -0.15) is 12.6 Å². The van der Waals surface area contributed by atoms with Gasteiger partial charge >= 0.3 is 0 Å². The molecule has 0 amide bonds. The quantitative estimate of drug-likeness (QED) is 0.579. The Balaban J connectivity index is 3.29. The van der Waals surface area contributed by atoms with Crippen LogP contribution in [-0.4, -0.2) is 4.98 Å². The molecule has 11 heavy (non-hydrogen) atoms. The van der Waals surface area contributed by atoms with E-state index in [-0.39, 0.29) is 0 Å². The Morgan fingerprint density at radius 2 is 2.18 bits per heavy atom. The summed E-state index contributed by atoms with van der Waals surface area (Å²) in [7, 11) is 0. The molecule has 1 radical (unpaired) electrons. The summed E-state index contributed by atoms with van der Waals surface area (Å²) < 4.78 is 0.868. The fraction of sp³-hybridized carbons (Fsp3) is 0.375. The monoisotopic (exact) mass is 230 g/mol. The molecular weight excluding hydrogens is 222 g/mol. The summed E-state index contributed by atoms with van der Waals surface area (Å²) in [6.07, 6.45) is 2.91. The van der Waals surface area contributed by atoms with E-state index in [2.05, 4.69) is 39.7 Å². The van der Waals surface area contributed by atoms with Crippen molar-refractivity contribution in [1.82, 2.24) is 4.98 Å². The number of rotatable bonds is 1. The first-order chi connectivity index (χ1) is 5.16. The second-order valence-electron chi connectivity index (χ2n) is 2.40. The van der Waals surface area contributed by atoms with Crippen molar-refractivity contribution in [1.29, 1.82) is 0 Å². The van der Waals surface area contributed by atoms with E-state index in [0.717, 1.165) is 21.5 Å². The number of thiol groups is 1. The Morgan fingerprint density at radius 1 is 1.55 bits per heavy atom. The molecule has 0 fully saturated rings. The summed E-state index contributed by atoms with van der Waals surface area (Å²) in [5.74, 6) is 0.745. The first-order valence-electron chi connectivity index (χ1n) is 3.31. The smallest absolute Gasteiger partial charge is 0.110 e. The van der Waals surface area contributed by atoms with Crippen LogP contribution in [0.15, 0.2) is 4.60 Å². The normalized spacial score (nSPS) is 10.2. The number of hydrogen-bond donors (Lipinski definition) is 1. The molecular formula is C8H9BrNS. The van der Waals surface area contributed by atoms with E-state index >= 15 is 0 Å². The lowest BCUT2D eigenvalue weighted by molar-refractivity contribution is 1.11. The Bertz CT molecular complexity index is 273. The number of aryl methyl sites for hydroxylation is 1. The standard InChI is InChI=1S/C8H9BrNS/c1-5-3-10-8(9)6(2)7(5)4-11/h11H,4H2,1-2H3. The SMILES string of the molecule is Cc1[c]nc(Br)c(C)c1CS. The maximum absolute atomic E-state index is 4.23. The van der Waals surface area contributed by atoms with Crippen molar-refractivity contribution < 1.29 is 0 Å². The Hall–Kier alpha value is -0.0200. The van der Waals surface area contributed by atoms with Gasteiger partial charge in [-0.15, -0.1) is 0 Å². The van der Waals surface area contributed by atoms with Crippen molar-refractivity contribution in [2.75, 3.05) is 0 Å². The molecule has 0 aliphatic rings. The predicted octanol–water partition coefficient (Wildman–Crippen LogP) is 2.69. The summed E-state index contributed by atoms with van der Waals surface area (Å²) in [6, 6.07) is 0. The van der Waals surface area contributed by atoms with E-state index in [1.54, 1.807) is 0 Å².